The summed E-state index contributed by atoms with van der Waals surface area (Å²) in [6.45, 7) is 1.93. The minimum atomic E-state index is -0.643. The smallest absolute Gasteiger partial charge is 0.319 e. The summed E-state index contributed by atoms with van der Waals surface area (Å²) in [7, 11) is 1.56. The molecule has 4 aromatic rings. The van der Waals surface area contributed by atoms with Crippen molar-refractivity contribution in [1.82, 2.24) is 10.6 Å². The molecule has 1 aromatic heterocycles. The van der Waals surface area contributed by atoms with Crippen LogP contribution in [0.4, 0.5) is 4.79 Å². The molecule has 0 aliphatic carbocycles. The van der Waals surface area contributed by atoms with Gasteiger partial charge in [-0.3, -0.25) is 4.79 Å². The van der Waals surface area contributed by atoms with E-state index >= 15 is 0 Å². The summed E-state index contributed by atoms with van der Waals surface area (Å²) in [4.78, 5) is 26.2. The lowest BCUT2D eigenvalue weighted by Crippen LogP contribution is -2.40. The Hall–Kier alpha value is -5.34. The van der Waals surface area contributed by atoms with E-state index in [1.54, 1.807) is 31.4 Å². The van der Waals surface area contributed by atoms with Crippen LogP contribution in [0.2, 0.25) is 0 Å². The van der Waals surface area contributed by atoms with Gasteiger partial charge in [-0.1, -0.05) is 42.0 Å². The third kappa shape index (κ3) is 4.18. The van der Waals surface area contributed by atoms with Gasteiger partial charge in [-0.15, -0.1) is 0 Å². The molecule has 0 saturated heterocycles. The lowest BCUT2D eigenvalue weighted by atomic mass is 9.90. The topological polar surface area (TPSA) is 128 Å². The van der Waals surface area contributed by atoms with Crippen LogP contribution in [0.1, 0.15) is 50.0 Å². The molecule has 1 atom stereocenters. The van der Waals surface area contributed by atoms with E-state index in [1.807, 2.05) is 43.3 Å². The molecule has 1 aliphatic rings. The van der Waals surface area contributed by atoms with Gasteiger partial charge in [0.1, 0.15) is 29.2 Å². The minimum Gasteiger partial charge on any atom is -0.497 e. The van der Waals surface area contributed by atoms with Crippen LogP contribution in [0.5, 0.6) is 5.75 Å². The number of carbonyl (C=O) groups excluding carboxylic acids is 2. The second kappa shape index (κ2) is 9.37. The van der Waals surface area contributed by atoms with Gasteiger partial charge in [-0.05, 0) is 30.7 Å². The summed E-state index contributed by atoms with van der Waals surface area (Å²) in [6, 6.07) is 20.2. The van der Waals surface area contributed by atoms with Crippen molar-refractivity contribution in [2.75, 3.05) is 7.11 Å². The highest BCUT2D eigenvalue weighted by Crippen LogP contribution is 2.40. The molecular weight excluding hydrogens is 468 g/mol. The Balaban J connectivity index is 1.75. The average molecular weight is 489 g/mol. The zero-order chi connectivity index (χ0) is 26.1. The SMILES string of the molecule is COc1ccc([C@@H]2NC(=O)NC=C2c2oc3cc(C#N)c(C#N)cc3c2C(=O)c2ccc(C)cc2)cc1. The predicted octanol–water partition coefficient (Wildman–Crippen LogP) is 5.12. The first-order valence-electron chi connectivity index (χ1n) is 11.4. The zero-order valence-electron chi connectivity index (χ0n) is 20.0. The predicted molar refractivity (Wildman–Crippen MR) is 136 cm³/mol. The van der Waals surface area contributed by atoms with Crippen LogP contribution in [0.3, 0.4) is 0 Å². The number of hydrogen-bond donors (Lipinski definition) is 2. The molecular formula is C29H20N4O4. The molecule has 37 heavy (non-hydrogen) atoms. The molecule has 5 rings (SSSR count). The van der Waals surface area contributed by atoms with E-state index in [1.165, 1.54) is 18.3 Å². The van der Waals surface area contributed by atoms with Crippen molar-refractivity contribution >= 4 is 28.4 Å². The monoisotopic (exact) mass is 488 g/mol. The first-order valence-corrected chi connectivity index (χ1v) is 11.4. The second-order valence-electron chi connectivity index (χ2n) is 8.54. The van der Waals surface area contributed by atoms with Crippen LogP contribution in [0.15, 0.2) is 71.3 Å². The molecule has 1 aliphatic heterocycles. The molecule has 0 bridgehead atoms. The highest BCUT2D eigenvalue weighted by Gasteiger charge is 2.32. The molecule has 180 valence electrons. The lowest BCUT2D eigenvalue weighted by Gasteiger charge is -2.26. The average Bonchev–Trinajstić information content (AvgIpc) is 3.30. The second-order valence-corrected chi connectivity index (χ2v) is 8.54. The van der Waals surface area contributed by atoms with Crippen LogP contribution in [-0.2, 0) is 0 Å². The number of methoxy groups -OCH3 is 1. The molecule has 3 aromatic carbocycles. The Bertz CT molecular complexity index is 1670. The number of nitrogens with one attached hydrogen (secondary N) is 2. The molecule has 0 unspecified atom stereocenters. The number of nitrogens with zero attached hydrogens (tertiary/aromatic N) is 2. The number of rotatable bonds is 5. The number of urea groups is 1. The zero-order valence-corrected chi connectivity index (χ0v) is 20.0. The standard InChI is InChI=1S/C29H20N4O4/c1-16-3-5-18(6-4-16)27(34)25-22-11-19(13-30)20(14-31)12-24(22)37-28(25)23-15-32-29(35)33-26(23)17-7-9-21(36-2)10-8-17/h3-12,15,26H,1-2H3,(H2,32,33,35)/t26-/m0/s1. The maximum Gasteiger partial charge on any atom is 0.319 e. The van der Waals surface area contributed by atoms with Crippen LogP contribution in [-0.4, -0.2) is 18.9 Å². The van der Waals surface area contributed by atoms with Crippen molar-refractivity contribution < 1.29 is 18.7 Å². The van der Waals surface area contributed by atoms with E-state index in [4.69, 9.17) is 9.15 Å². The Morgan fingerprint density at radius 3 is 2.32 bits per heavy atom. The van der Waals surface area contributed by atoms with E-state index < -0.39 is 12.1 Å². The van der Waals surface area contributed by atoms with Gasteiger partial charge in [-0.2, -0.15) is 10.5 Å². The number of benzene rings is 3. The van der Waals surface area contributed by atoms with Gasteiger partial charge in [0.2, 0.25) is 0 Å². The lowest BCUT2D eigenvalue weighted by molar-refractivity contribution is 0.103. The van der Waals surface area contributed by atoms with Crippen molar-refractivity contribution in [3.8, 4) is 17.9 Å². The van der Waals surface area contributed by atoms with E-state index in [9.17, 15) is 20.1 Å². The fourth-order valence-electron chi connectivity index (χ4n) is 4.34. The molecule has 0 spiro atoms. The summed E-state index contributed by atoms with van der Waals surface area (Å²) in [5.41, 5.74) is 3.49. The van der Waals surface area contributed by atoms with Gasteiger partial charge >= 0.3 is 6.03 Å². The summed E-state index contributed by atoms with van der Waals surface area (Å²) in [5.74, 6) is 0.572. The van der Waals surface area contributed by atoms with Gasteiger partial charge in [0, 0.05) is 28.8 Å². The summed E-state index contributed by atoms with van der Waals surface area (Å²) < 4.78 is 11.5. The van der Waals surface area contributed by atoms with Gasteiger partial charge in [0.05, 0.1) is 29.8 Å². The van der Waals surface area contributed by atoms with Crippen molar-refractivity contribution in [1.29, 1.82) is 10.5 Å². The molecule has 0 saturated carbocycles. The van der Waals surface area contributed by atoms with E-state index in [2.05, 4.69) is 10.6 Å². The molecule has 8 heteroatoms. The van der Waals surface area contributed by atoms with E-state index in [-0.39, 0.29) is 33.8 Å². The van der Waals surface area contributed by atoms with Crippen LogP contribution in [0, 0.1) is 29.6 Å². The number of amides is 2. The highest BCUT2D eigenvalue weighted by molar-refractivity contribution is 6.19. The highest BCUT2D eigenvalue weighted by atomic mass is 16.5. The Morgan fingerprint density at radius 2 is 1.68 bits per heavy atom. The Kier molecular flexibility index (Phi) is 5.93. The Labute approximate surface area is 212 Å². The number of hydrogen-bond acceptors (Lipinski definition) is 6. The van der Waals surface area contributed by atoms with Gasteiger partial charge in [0.15, 0.2) is 5.78 Å². The number of aryl methyl sites for hydroxylation is 1. The van der Waals surface area contributed by atoms with Crippen LogP contribution >= 0.6 is 0 Å². The number of nitriles is 2. The van der Waals surface area contributed by atoms with Crippen molar-refractivity contribution in [2.24, 2.45) is 0 Å². The van der Waals surface area contributed by atoms with Crippen LogP contribution < -0.4 is 15.4 Å². The van der Waals surface area contributed by atoms with Gasteiger partial charge in [0.25, 0.3) is 0 Å². The molecule has 2 N–H and O–H groups in total. The summed E-state index contributed by atoms with van der Waals surface area (Å²) in [6.07, 6.45) is 1.51. The normalized spacial score (nSPS) is 14.6. The van der Waals surface area contributed by atoms with E-state index in [0.29, 0.717) is 22.3 Å². The molecule has 2 heterocycles. The molecule has 0 radical (unpaired) electrons. The first kappa shape index (κ1) is 23.4. The number of carbonyl (C=O) groups is 2. The maximum absolute atomic E-state index is 13.9. The first-order chi connectivity index (χ1) is 17.9. The summed E-state index contributed by atoms with van der Waals surface area (Å²) >= 11 is 0. The number of ether oxygens (including phenoxy) is 1. The van der Waals surface area contributed by atoms with E-state index in [0.717, 1.165) is 11.1 Å². The van der Waals surface area contributed by atoms with Crippen molar-refractivity contribution in [3.05, 3.63) is 106 Å². The third-order valence-corrected chi connectivity index (χ3v) is 6.27. The van der Waals surface area contributed by atoms with Gasteiger partial charge in [-0.25, -0.2) is 4.79 Å². The molecule has 0 fully saturated rings. The Morgan fingerprint density at radius 1 is 1.00 bits per heavy atom. The molecule has 2 amide bonds. The number of fused-ring (bicyclic) bond motifs is 1. The van der Waals surface area contributed by atoms with Crippen molar-refractivity contribution in [2.45, 2.75) is 13.0 Å². The fourth-order valence-corrected chi connectivity index (χ4v) is 4.34. The number of ketones is 1. The number of furan rings is 1. The summed E-state index contributed by atoms with van der Waals surface area (Å²) in [5, 5.41) is 25.1. The van der Waals surface area contributed by atoms with Gasteiger partial charge < -0.3 is 19.8 Å². The quantitative estimate of drug-likeness (QED) is 0.375. The molecule has 8 nitrogen and oxygen atoms in total. The maximum atomic E-state index is 13.9. The minimum absolute atomic E-state index is 0.135. The van der Waals surface area contributed by atoms with Crippen molar-refractivity contribution in [3.63, 3.8) is 0 Å². The largest absolute Gasteiger partial charge is 0.497 e. The third-order valence-electron chi connectivity index (χ3n) is 6.27. The van der Waals surface area contributed by atoms with Crippen LogP contribution in [0.25, 0.3) is 16.5 Å². The fraction of sp³-hybridized carbons (Fsp3) is 0.103.